The second kappa shape index (κ2) is 7.21. The molecule has 2 aromatic heterocycles. The first-order chi connectivity index (χ1) is 14.2. The molecule has 0 bridgehead atoms. The molecule has 1 amide bonds. The zero-order chi connectivity index (χ0) is 19.8. The predicted octanol–water partition coefficient (Wildman–Crippen LogP) is 4.09. The summed E-state index contributed by atoms with van der Waals surface area (Å²) in [5.41, 5.74) is 2.75. The van der Waals surface area contributed by atoms with Crippen LogP contribution in [0, 0.1) is 6.92 Å². The number of carbonyl (C=O) groups excluding carboxylic acids is 1. The minimum absolute atomic E-state index is 0.0584. The van der Waals surface area contributed by atoms with E-state index < -0.39 is 0 Å². The molecule has 0 aliphatic carbocycles. The molecule has 8 heteroatoms. The highest BCUT2D eigenvalue weighted by molar-refractivity contribution is 7.20. The van der Waals surface area contributed by atoms with Gasteiger partial charge >= 0.3 is 0 Å². The van der Waals surface area contributed by atoms with Gasteiger partial charge in [0.25, 0.3) is 0 Å². The number of nitrogens with zero attached hydrogens (tertiary/aromatic N) is 3. The van der Waals surface area contributed by atoms with Crippen LogP contribution in [-0.2, 0) is 11.2 Å². The van der Waals surface area contributed by atoms with E-state index in [0.29, 0.717) is 29.5 Å². The number of fused-ring (bicyclic) bond motifs is 2. The summed E-state index contributed by atoms with van der Waals surface area (Å²) in [5.74, 6) is 1.97. The molecule has 1 N–H and O–H groups in total. The molecule has 146 valence electrons. The van der Waals surface area contributed by atoms with Crippen molar-refractivity contribution >= 4 is 33.3 Å². The number of thiazole rings is 1. The number of carbonyl (C=O) groups is 1. The van der Waals surface area contributed by atoms with Crippen LogP contribution in [0.5, 0.6) is 11.5 Å². The summed E-state index contributed by atoms with van der Waals surface area (Å²) >= 11 is 1.48. The molecular formula is C21H18N4O3S. The largest absolute Gasteiger partial charge is 0.454 e. The molecule has 1 aliphatic rings. The smallest absolute Gasteiger partial charge is 0.231 e. The van der Waals surface area contributed by atoms with Gasteiger partial charge in [-0.3, -0.25) is 4.79 Å². The van der Waals surface area contributed by atoms with Crippen LogP contribution >= 0.6 is 11.3 Å². The summed E-state index contributed by atoms with van der Waals surface area (Å²) < 4.78 is 13.5. The zero-order valence-electron chi connectivity index (χ0n) is 15.7. The highest BCUT2D eigenvalue weighted by Gasteiger charge is 2.19. The third-order valence-electron chi connectivity index (χ3n) is 4.64. The molecule has 0 unspecified atom stereocenters. The topological polar surface area (TPSA) is 78.3 Å². The van der Waals surface area contributed by atoms with Crippen LogP contribution in [0.25, 0.3) is 15.3 Å². The van der Waals surface area contributed by atoms with Crippen LogP contribution in [0.1, 0.15) is 17.7 Å². The van der Waals surface area contributed by atoms with Gasteiger partial charge in [0.05, 0.1) is 15.9 Å². The lowest BCUT2D eigenvalue weighted by atomic mass is 10.1. The van der Waals surface area contributed by atoms with Gasteiger partial charge < -0.3 is 14.8 Å². The Labute approximate surface area is 170 Å². The van der Waals surface area contributed by atoms with Gasteiger partial charge in [-0.1, -0.05) is 41.7 Å². The molecule has 5 rings (SSSR count). The van der Waals surface area contributed by atoms with Crippen molar-refractivity contribution in [1.82, 2.24) is 14.8 Å². The molecule has 29 heavy (non-hydrogen) atoms. The number of amides is 1. The van der Waals surface area contributed by atoms with E-state index in [1.54, 1.807) is 4.68 Å². The number of anilines is 1. The quantitative estimate of drug-likeness (QED) is 0.540. The average Bonchev–Trinajstić information content (AvgIpc) is 3.42. The molecule has 3 heterocycles. The van der Waals surface area contributed by atoms with Crippen LogP contribution in [0.3, 0.4) is 0 Å². The van der Waals surface area contributed by atoms with Crippen molar-refractivity contribution < 1.29 is 14.3 Å². The van der Waals surface area contributed by atoms with Crippen LogP contribution in [0.15, 0.2) is 48.5 Å². The van der Waals surface area contributed by atoms with Gasteiger partial charge in [-0.25, -0.2) is 4.98 Å². The minimum Gasteiger partial charge on any atom is -0.454 e. The first-order valence-corrected chi connectivity index (χ1v) is 10.1. The Balaban J connectivity index is 1.38. The SMILES string of the molecule is Cc1cc(NC(=O)CCc2ccccc2)n(-c2nc3cc4c(cc3s2)OCO4)n1. The third kappa shape index (κ3) is 3.54. The summed E-state index contributed by atoms with van der Waals surface area (Å²) in [6.45, 7) is 2.12. The van der Waals surface area contributed by atoms with Gasteiger partial charge in [-0.2, -0.15) is 9.78 Å². The molecule has 7 nitrogen and oxygen atoms in total. The van der Waals surface area contributed by atoms with E-state index in [0.717, 1.165) is 27.2 Å². The summed E-state index contributed by atoms with van der Waals surface area (Å²) in [6, 6.07) is 15.6. The maximum atomic E-state index is 12.5. The van der Waals surface area contributed by atoms with Gasteiger partial charge in [0.15, 0.2) is 11.5 Å². The summed E-state index contributed by atoms with van der Waals surface area (Å²) in [4.78, 5) is 17.2. The summed E-state index contributed by atoms with van der Waals surface area (Å²) in [7, 11) is 0. The van der Waals surface area contributed by atoms with Gasteiger partial charge in [0.1, 0.15) is 5.82 Å². The first kappa shape index (κ1) is 17.7. The Hall–Kier alpha value is -3.39. The number of hydrogen-bond acceptors (Lipinski definition) is 6. The molecule has 0 fully saturated rings. The lowest BCUT2D eigenvalue weighted by molar-refractivity contribution is -0.116. The van der Waals surface area contributed by atoms with Crippen LogP contribution < -0.4 is 14.8 Å². The van der Waals surface area contributed by atoms with Crippen molar-refractivity contribution in [2.75, 3.05) is 12.1 Å². The minimum atomic E-state index is -0.0584. The Morgan fingerprint density at radius 3 is 2.79 bits per heavy atom. The lowest BCUT2D eigenvalue weighted by Gasteiger charge is -2.06. The van der Waals surface area contributed by atoms with Gasteiger partial charge in [0.2, 0.25) is 17.8 Å². The van der Waals surface area contributed by atoms with Crippen LogP contribution in [0.2, 0.25) is 0 Å². The average molecular weight is 406 g/mol. The maximum absolute atomic E-state index is 12.5. The van der Waals surface area contributed by atoms with Crippen molar-refractivity contribution in [3.63, 3.8) is 0 Å². The monoisotopic (exact) mass is 406 g/mol. The fourth-order valence-electron chi connectivity index (χ4n) is 3.24. The molecule has 0 spiro atoms. The second-order valence-corrected chi connectivity index (χ2v) is 7.80. The standard InChI is InChI=1S/C21H18N4O3S/c1-13-9-19(23-20(26)8-7-14-5-3-2-4-6-14)25(24-13)21-22-15-10-16-17(28-12-27-16)11-18(15)29-21/h2-6,9-11H,7-8,12H2,1H3,(H,23,26). The fraction of sp³-hybridized carbons (Fsp3) is 0.190. The third-order valence-corrected chi connectivity index (χ3v) is 5.63. The predicted molar refractivity (Wildman–Crippen MR) is 111 cm³/mol. The number of rotatable bonds is 5. The Kier molecular flexibility index (Phi) is 4.40. The van der Waals surface area contributed by atoms with E-state index in [1.165, 1.54) is 11.3 Å². The van der Waals surface area contributed by atoms with E-state index in [2.05, 4.69) is 15.4 Å². The van der Waals surface area contributed by atoms with E-state index in [9.17, 15) is 4.79 Å². The lowest BCUT2D eigenvalue weighted by Crippen LogP contribution is -2.15. The molecule has 0 saturated carbocycles. The number of aryl methyl sites for hydroxylation is 2. The number of ether oxygens (including phenoxy) is 2. The normalized spacial score (nSPS) is 12.4. The number of nitrogens with one attached hydrogen (secondary N) is 1. The van der Waals surface area contributed by atoms with Crippen LogP contribution in [0.4, 0.5) is 5.82 Å². The van der Waals surface area contributed by atoms with Crippen molar-refractivity contribution in [1.29, 1.82) is 0 Å². The van der Waals surface area contributed by atoms with Crippen molar-refractivity contribution in [2.45, 2.75) is 19.8 Å². The van der Waals surface area contributed by atoms with Crippen LogP contribution in [-0.4, -0.2) is 27.5 Å². The second-order valence-electron chi connectivity index (χ2n) is 6.79. The molecular weight excluding hydrogens is 388 g/mol. The van der Waals surface area contributed by atoms with Gasteiger partial charge in [-0.15, -0.1) is 0 Å². The van der Waals surface area contributed by atoms with E-state index in [-0.39, 0.29) is 12.7 Å². The van der Waals surface area contributed by atoms with Crippen molar-refractivity contribution in [3.8, 4) is 16.6 Å². The fourth-order valence-corrected chi connectivity index (χ4v) is 4.18. The molecule has 1 aliphatic heterocycles. The van der Waals surface area contributed by atoms with E-state index >= 15 is 0 Å². The number of hydrogen-bond donors (Lipinski definition) is 1. The van der Waals surface area contributed by atoms with Crippen molar-refractivity contribution in [3.05, 3.63) is 59.8 Å². The zero-order valence-corrected chi connectivity index (χ0v) is 16.5. The summed E-state index contributed by atoms with van der Waals surface area (Å²) in [5, 5.41) is 8.16. The van der Waals surface area contributed by atoms with E-state index in [4.69, 9.17) is 9.47 Å². The molecule has 4 aromatic rings. The maximum Gasteiger partial charge on any atom is 0.231 e. The Morgan fingerprint density at radius 1 is 1.17 bits per heavy atom. The first-order valence-electron chi connectivity index (χ1n) is 9.27. The van der Waals surface area contributed by atoms with Gasteiger partial charge in [0, 0.05) is 24.6 Å². The highest BCUT2D eigenvalue weighted by Crippen LogP contribution is 2.38. The molecule has 0 atom stereocenters. The molecule has 0 saturated heterocycles. The van der Waals surface area contributed by atoms with E-state index in [1.807, 2.05) is 55.5 Å². The van der Waals surface area contributed by atoms with Crippen molar-refractivity contribution in [2.24, 2.45) is 0 Å². The Bertz CT molecular complexity index is 1160. The molecule has 2 aromatic carbocycles. The number of aromatic nitrogens is 3. The summed E-state index contributed by atoms with van der Waals surface area (Å²) in [6.07, 6.45) is 1.09. The number of benzene rings is 2. The highest BCUT2D eigenvalue weighted by atomic mass is 32.1. The molecule has 0 radical (unpaired) electrons. The Morgan fingerprint density at radius 2 is 1.97 bits per heavy atom. The van der Waals surface area contributed by atoms with Gasteiger partial charge in [-0.05, 0) is 18.9 Å².